The van der Waals surface area contributed by atoms with E-state index in [-0.39, 0.29) is 35.5 Å². The number of halogens is 2. The van der Waals surface area contributed by atoms with Gasteiger partial charge < -0.3 is 0 Å². The summed E-state index contributed by atoms with van der Waals surface area (Å²) in [5, 5.41) is 0.716. The lowest BCUT2D eigenvalue weighted by Crippen LogP contribution is -2.31. The Morgan fingerprint density at radius 3 is 1.23 bits per heavy atom. The molecule has 0 spiro atoms. The topological polar surface area (TPSA) is 126 Å². The van der Waals surface area contributed by atoms with Crippen molar-refractivity contribution in [2.75, 3.05) is 0 Å². The van der Waals surface area contributed by atoms with Crippen molar-refractivity contribution in [2.45, 2.75) is 35.5 Å². The van der Waals surface area contributed by atoms with Gasteiger partial charge >= 0.3 is 0 Å². The normalized spacial score (nSPS) is 11.7. The van der Waals surface area contributed by atoms with Gasteiger partial charge in [-0.15, -0.1) is 0 Å². The molecule has 0 aliphatic carbocycles. The van der Waals surface area contributed by atoms with Crippen LogP contribution in [0.4, 0.5) is 0 Å². The number of sulfonamides is 2. The Bertz CT molecular complexity index is 1020. The van der Waals surface area contributed by atoms with Crippen molar-refractivity contribution >= 4 is 55.1 Å². The van der Waals surface area contributed by atoms with Gasteiger partial charge in [-0.3, -0.25) is 9.59 Å². The van der Waals surface area contributed by atoms with Gasteiger partial charge in [0.1, 0.15) is 0 Å². The molecule has 0 aliphatic rings. The van der Waals surface area contributed by atoms with Crippen molar-refractivity contribution in [2.24, 2.45) is 0 Å². The Hall–Kier alpha value is -2.14. The molecule has 162 valence electrons. The van der Waals surface area contributed by atoms with Crippen LogP contribution in [-0.2, 0) is 29.6 Å². The van der Waals surface area contributed by atoms with Crippen molar-refractivity contribution in [3.05, 3.63) is 58.6 Å². The Balaban J connectivity index is 1.77. The van der Waals surface area contributed by atoms with Gasteiger partial charge in [0.25, 0.3) is 20.0 Å². The highest BCUT2D eigenvalue weighted by Crippen LogP contribution is 2.15. The summed E-state index contributed by atoms with van der Waals surface area (Å²) in [6.07, 6.45) is 0.0842. The number of amides is 2. The summed E-state index contributed by atoms with van der Waals surface area (Å²) in [7, 11) is -8.03. The smallest absolute Gasteiger partial charge is 0.264 e. The first-order valence-electron chi connectivity index (χ1n) is 8.62. The first-order chi connectivity index (χ1) is 14.0. The van der Waals surface area contributed by atoms with Gasteiger partial charge in [-0.1, -0.05) is 23.2 Å². The number of hydrogen-bond acceptors (Lipinski definition) is 6. The number of unbranched alkanes of at least 4 members (excludes halogenated alkanes) is 1. The molecule has 2 aromatic rings. The minimum Gasteiger partial charge on any atom is -0.274 e. The third-order valence-electron chi connectivity index (χ3n) is 3.80. The van der Waals surface area contributed by atoms with E-state index in [1.807, 2.05) is 9.44 Å². The van der Waals surface area contributed by atoms with Crippen LogP contribution in [0.25, 0.3) is 0 Å². The van der Waals surface area contributed by atoms with E-state index in [0.717, 1.165) is 0 Å². The summed E-state index contributed by atoms with van der Waals surface area (Å²) in [4.78, 5) is 23.5. The lowest BCUT2D eigenvalue weighted by atomic mass is 10.2. The van der Waals surface area contributed by atoms with Crippen molar-refractivity contribution in [1.29, 1.82) is 0 Å². The molecule has 2 aromatic carbocycles. The van der Waals surface area contributed by atoms with Crippen LogP contribution in [0.3, 0.4) is 0 Å². The van der Waals surface area contributed by atoms with Crippen molar-refractivity contribution in [3.63, 3.8) is 0 Å². The van der Waals surface area contributed by atoms with Crippen LogP contribution >= 0.6 is 23.2 Å². The molecule has 12 heteroatoms. The second-order valence-corrected chi connectivity index (χ2v) is 10.4. The minimum atomic E-state index is -4.01. The third-order valence-corrected chi connectivity index (χ3v) is 7.08. The summed E-state index contributed by atoms with van der Waals surface area (Å²) in [6, 6.07) is 10.6. The second-order valence-electron chi connectivity index (χ2n) is 6.17. The molecule has 8 nitrogen and oxygen atoms in total. The number of hydrogen-bond donors (Lipinski definition) is 2. The SMILES string of the molecule is O=C(CCCCC(=O)NS(=O)(=O)c1ccc(Cl)cc1)NS(=O)(=O)c1ccc(Cl)cc1. The highest BCUT2D eigenvalue weighted by atomic mass is 35.5. The fourth-order valence-corrected chi connectivity index (χ4v) is 4.60. The summed E-state index contributed by atoms with van der Waals surface area (Å²) in [5.41, 5.74) is 0. The van der Waals surface area contributed by atoms with Gasteiger partial charge in [0.15, 0.2) is 0 Å². The third kappa shape index (κ3) is 7.28. The van der Waals surface area contributed by atoms with Crippen LogP contribution in [0.1, 0.15) is 25.7 Å². The molecular formula is C18H18Cl2N2O6S2. The molecule has 0 aromatic heterocycles. The van der Waals surface area contributed by atoms with Crippen LogP contribution in [0.5, 0.6) is 0 Å². The lowest BCUT2D eigenvalue weighted by molar-refractivity contribution is -0.121. The summed E-state index contributed by atoms with van der Waals surface area (Å²) in [6.45, 7) is 0. The molecule has 0 saturated carbocycles. The molecular weight excluding hydrogens is 475 g/mol. The molecule has 0 atom stereocenters. The van der Waals surface area contributed by atoms with E-state index in [9.17, 15) is 26.4 Å². The van der Waals surface area contributed by atoms with Gasteiger partial charge in [0.05, 0.1) is 9.79 Å². The first-order valence-corrected chi connectivity index (χ1v) is 12.3. The minimum absolute atomic E-state index is 0.105. The van der Waals surface area contributed by atoms with E-state index < -0.39 is 31.9 Å². The Morgan fingerprint density at radius 2 is 0.933 bits per heavy atom. The fraction of sp³-hybridized carbons (Fsp3) is 0.222. The largest absolute Gasteiger partial charge is 0.274 e. The van der Waals surface area contributed by atoms with Gasteiger partial charge in [-0.05, 0) is 61.4 Å². The molecule has 0 heterocycles. The Labute approximate surface area is 184 Å². The van der Waals surface area contributed by atoms with E-state index in [0.29, 0.717) is 10.0 Å². The predicted octanol–water partition coefficient (Wildman–Crippen LogP) is 2.86. The van der Waals surface area contributed by atoms with Gasteiger partial charge in [-0.25, -0.2) is 26.3 Å². The monoisotopic (exact) mass is 492 g/mol. The highest BCUT2D eigenvalue weighted by Gasteiger charge is 2.19. The van der Waals surface area contributed by atoms with Gasteiger partial charge in [-0.2, -0.15) is 0 Å². The first kappa shape index (κ1) is 24.1. The zero-order valence-corrected chi connectivity index (χ0v) is 18.6. The van der Waals surface area contributed by atoms with E-state index in [1.54, 1.807) is 0 Å². The summed E-state index contributed by atoms with van der Waals surface area (Å²) in [5.74, 6) is -1.47. The Morgan fingerprint density at radius 1 is 0.633 bits per heavy atom. The van der Waals surface area contributed by atoms with Crippen LogP contribution in [0.2, 0.25) is 10.0 Å². The molecule has 0 aliphatic heterocycles. The maximum Gasteiger partial charge on any atom is 0.264 e. The van der Waals surface area contributed by atoms with Gasteiger partial charge in [0.2, 0.25) is 11.8 Å². The summed E-state index contributed by atoms with van der Waals surface area (Å²) >= 11 is 11.4. The van der Waals surface area contributed by atoms with Crippen molar-refractivity contribution in [3.8, 4) is 0 Å². The molecule has 0 radical (unpaired) electrons. The second kappa shape index (κ2) is 10.3. The number of benzene rings is 2. The van der Waals surface area contributed by atoms with Crippen LogP contribution < -0.4 is 9.44 Å². The quantitative estimate of drug-likeness (QED) is 0.518. The lowest BCUT2D eigenvalue weighted by Gasteiger charge is -2.08. The van der Waals surface area contributed by atoms with Crippen LogP contribution in [-0.4, -0.2) is 28.6 Å². The standard InChI is InChI=1S/C18H18Cl2N2O6S2/c19-13-5-9-15(10-6-13)29(25,26)21-17(23)3-1-2-4-18(24)22-30(27,28)16-11-7-14(20)8-12-16/h5-12H,1-4H2,(H,21,23)(H,22,24). The molecule has 2 amide bonds. The van der Waals surface area contributed by atoms with E-state index in [2.05, 4.69) is 0 Å². The Kier molecular flexibility index (Phi) is 8.25. The number of carbonyl (C=O) groups excluding carboxylic acids is 2. The predicted molar refractivity (Wildman–Crippen MR) is 112 cm³/mol. The summed E-state index contributed by atoms with van der Waals surface area (Å²) < 4.78 is 52.2. The van der Waals surface area contributed by atoms with Crippen molar-refractivity contribution in [1.82, 2.24) is 9.44 Å². The van der Waals surface area contributed by atoms with Crippen molar-refractivity contribution < 1.29 is 26.4 Å². The van der Waals surface area contributed by atoms with Crippen LogP contribution in [0, 0.1) is 0 Å². The molecule has 0 saturated heterocycles. The molecule has 0 unspecified atom stereocenters. The number of rotatable bonds is 9. The average Bonchev–Trinajstić information content (AvgIpc) is 2.65. The fourth-order valence-electron chi connectivity index (χ4n) is 2.32. The van der Waals surface area contributed by atoms with E-state index in [1.165, 1.54) is 48.5 Å². The molecule has 2 rings (SSSR count). The maximum absolute atomic E-state index is 12.1. The molecule has 0 bridgehead atoms. The number of nitrogens with one attached hydrogen (secondary N) is 2. The zero-order valence-electron chi connectivity index (χ0n) is 15.5. The maximum atomic E-state index is 12.1. The van der Waals surface area contributed by atoms with E-state index >= 15 is 0 Å². The molecule has 0 fully saturated rings. The van der Waals surface area contributed by atoms with Crippen LogP contribution in [0.15, 0.2) is 58.3 Å². The van der Waals surface area contributed by atoms with E-state index in [4.69, 9.17) is 23.2 Å². The molecule has 30 heavy (non-hydrogen) atoms. The highest BCUT2D eigenvalue weighted by molar-refractivity contribution is 7.90. The number of carbonyl (C=O) groups is 2. The van der Waals surface area contributed by atoms with Gasteiger partial charge in [0, 0.05) is 22.9 Å². The average molecular weight is 493 g/mol. The zero-order chi connectivity index (χ0) is 22.4. The molecule has 2 N–H and O–H groups in total.